The zero-order chi connectivity index (χ0) is 15.4. The third-order valence-corrected chi connectivity index (χ3v) is 2.86. The van der Waals surface area contributed by atoms with Crippen molar-refractivity contribution < 1.29 is 14.0 Å². The lowest BCUT2D eigenvalue weighted by Crippen LogP contribution is -2.17. The summed E-state index contributed by atoms with van der Waals surface area (Å²) in [6.07, 6.45) is 0.142. The fourth-order valence-electron chi connectivity index (χ4n) is 1.82. The molecule has 0 saturated carbocycles. The molecule has 0 heterocycles. The Morgan fingerprint density at radius 3 is 2.38 bits per heavy atom. The molecule has 0 saturated heterocycles. The second kappa shape index (κ2) is 6.04. The predicted molar refractivity (Wildman–Crippen MR) is 78.1 cm³/mol. The molecule has 108 valence electrons. The normalized spacial score (nSPS) is 10.1. The van der Waals surface area contributed by atoms with E-state index in [4.69, 9.17) is 11.5 Å². The molecule has 0 unspecified atom stereocenters. The third-order valence-electron chi connectivity index (χ3n) is 2.86. The van der Waals surface area contributed by atoms with Gasteiger partial charge in [0.2, 0.25) is 5.91 Å². The Bertz CT molecular complexity index is 684. The Kier molecular flexibility index (Phi) is 4.18. The Hall–Kier alpha value is -2.89. The molecular weight excluding hydrogens is 273 g/mol. The second-order valence-electron chi connectivity index (χ2n) is 4.53. The molecule has 6 heteroatoms. The highest BCUT2D eigenvalue weighted by Crippen LogP contribution is 2.15. The summed E-state index contributed by atoms with van der Waals surface area (Å²) in [4.78, 5) is 22.9. The molecule has 2 rings (SSSR count). The minimum Gasteiger partial charge on any atom is -0.399 e. The smallest absolute Gasteiger partial charge is 0.251 e. The van der Waals surface area contributed by atoms with Crippen LogP contribution in [0.5, 0.6) is 0 Å². The van der Waals surface area contributed by atoms with Crippen molar-refractivity contribution in [1.82, 2.24) is 0 Å². The third kappa shape index (κ3) is 3.79. The van der Waals surface area contributed by atoms with Crippen LogP contribution >= 0.6 is 0 Å². The number of primary amides is 1. The molecule has 2 aromatic carbocycles. The maximum absolute atomic E-state index is 13.3. The standard InChI is InChI=1S/C15H14FN3O2/c16-13-6-5-11(8-12(13)15(18)21)19-14(20)7-9-1-3-10(17)4-2-9/h1-6,8H,7,17H2,(H2,18,21)(H,19,20). The van der Waals surface area contributed by atoms with Crippen molar-refractivity contribution in [1.29, 1.82) is 0 Å². The molecule has 21 heavy (non-hydrogen) atoms. The van der Waals surface area contributed by atoms with Gasteiger partial charge in [-0.15, -0.1) is 0 Å². The predicted octanol–water partition coefficient (Wildman–Crippen LogP) is 1.69. The highest BCUT2D eigenvalue weighted by molar-refractivity contribution is 5.97. The molecule has 5 nitrogen and oxygen atoms in total. The summed E-state index contributed by atoms with van der Waals surface area (Å²) in [7, 11) is 0. The van der Waals surface area contributed by atoms with Gasteiger partial charge in [-0.25, -0.2) is 4.39 Å². The van der Waals surface area contributed by atoms with E-state index in [0.29, 0.717) is 11.4 Å². The van der Waals surface area contributed by atoms with Crippen molar-refractivity contribution in [2.24, 2.45) is 5.73 Å². The van der Waals surface area contributed by atoms with Gasteiger partial charge in [0.1, 0.15) is 5.82 Å². The monoisotopic (exact) mass is 287 g/mol. The molecule has 0 aliphatic carbocycles. The SMILES string of the molecule is NC(=O)c1cc(NC(=O)Cc2ccc(N)cc2)ccc1F. The van der Waals surface area contributed by atoms with Crippen LogP contribution in [0.4, 0.5) is 15.8 Å². The van der Waals surface area contributed by atoms with Crippen LogP contribution in [0.3, 0.4) is 0 Å². The number of nitrogen functional groups attached to an aromatic ring is 1. The first-order chi connectivity index (χ1) is 9.95. The molecule has 0 radical (unpaired) electrons. The van der Waals surface area contributed by atoms with Crippen LogP contribution in [0.1, 0.15) is 15.9 Å². The van der Waals surface area contributed by atoms with Gasteiger partial charge in [-0.05, 0) is 35.9 Å². The molecule has 0 atom stereocenters. The summed E-state index contributed by atoms with van der Waals surface area (Å²) in [6.45, 7) is 0. The molecule has 0 spiro atoms. The lowest BCUT2D eigenvalue weighted by atomic mass is 10.1. The second-order valence-corrected chi connectivity index (χ2v) is 4.53. The zero-order valence-electron chi connectivity index (χ0n) is 11.1. The summed E-state index contributed by atoms with van der Waals surface area (Å²) < 4.78 is 13.3. The number of nitrogens with two attached hydrogens (primary N) is 2. The summed E-state index contributed by atoms with van der Waals surface area (Å²) in [5, 5.41) is 2.58. The maximum atomic E-state index is 13.3. The zero-order valence-corrected chi connectivity index (χ0v) is 11.1. The molecule has 0 aliphatic rings. The minimum atomic E-state index is -0.887. The number of halogens is 1. The lowest BCUT2D eigenvalue weighted by molar-refractivity contribution is -0.115. The van der Waals surface area contributed by atoms with Crippen LogP contribution in [0.15, 0.2) is 42.5 Å². The number of amides is 2. The van der Waals surface area contributed by atoms with E-state index >= 15 is 0 Å². The van der Waals surface area contributed by atoms with Gasteiger partial charge in [0.25, 0.3) is 5.91 Å². The van der Waals surface area contributed by atoms with Gasteiger partial charge < -0.3 is 16.8 Å². The molecule has 5 N–H and O–H groups in total. The molecule has 2 aromatic rings. The van der Waals surface area contributed by atoms with Crippen LogP contribution < -0.4 is 16.8 Å². The van der Waals surface area contributed by atoms with Crippen LogP contribution in [0.25, 0.3) is 0 Å². The first-order valence-electron chi connectivity index (χ1n) is 6.19. The van der Waals surface area contributed by atoms with E-state index in [1.807, 2.05) is 0 Å². The van der Waals surface area contributed by atoms with Gasteiger partial charge in [0, 0.05) is 11.4 Å². The number of hydrogen-bond acceptors (Lipinski definition) is 3. The van der Waals surface area contributed by atoms with Crippen molar-refractivity contribution in [3.05, 3.63) is 59.4 Å². The van der Waals surface area contributed by atoms with Crippen molar-refractivity contribution in [2.45, 2.75) is 6.42 Å². The van der Waals surface area contributed by atoms with Gasteiger partial charge in [0.05, 0.1) is 12.0 Å². The Morgan fingerprint density at radius 2 is 1.76 bits per heavy atom. The summed E-state index contributed by atoms with van der Waals surface area (Å²) in [5.74, 6) is -1.90. The highest BCUT2D eigenvalue weighted by Gasteiger charge is 2.10. The molecule has 0 aliphatic heterocycles. The molecule has 2 amide bonds. The van der Waals surface area contributed by atoms with Crippen LogP contribution in [0.2, 0.25) is 0 Å². The van der Waals surface area contributed by atoms with E-state index in [9.17, 15) is 14.0 Å². The topological polar surface area (TPSA) is 98.2 Å². The quantitative estimate of drug-likeness (QED) is 0.746. The summed E-state index contributed by atoms with van der Waals surface area (Å²) in [5.41, 5.74) is 12.1. The highest BCUT2D eigenvalue weighted by atomic mass is 19.1. The van der Waals surface area contributed by atoms with E-state index in [1.54, 1.807) is 24.3 Å². The van der Waals surface area contributed by atoms with Crippen molar-refractivity contribution in [2.75, 3.05) is 11.1 Å². The first kappa shape index (κ1) is 14.5. The summed E-state index contributed by atoms with van der Waals surface area (Å²) >= 11 is 0. The van der Waals surface area contributed by atoms with E-state index in [2.05, 4.69) is 5.32 Å². The van der Waals surface area contributed by atoms with E-state index < -0.39 is 11.7 Å². The van der Waals surface area contributed by atoms with Gasteiger partial charge >= 0.3 is 0 Å². The number of carbonyl (C=O) groups excluding carboxylic acids is 2. The Morgan fingerprint density at radius 1 is 1.10 bits per heavy atom. The minimum absolute atomic E-state index is 0.142. The first-order valence-corrected chi connectivity index (χ1v) is 6.19. The number of nitrogens with one attached hydrogen (secondary N) is 1. The number of hydrogen-bond donors (Lipinski definition) is 3. The van der Waals surface area contributed by atoms with Crippen LogP contribution in [-0.4, -0.2) is 11.8 Å². The van der Waals surface area contributed by atoms with E-state index in [0.717, 1.165) is 11.6 Å². The Balaban J connectivity index is 2.07. The van der Waals surface area contributed by atoms with E-state index in [-0.39, 0.29) is 17.9 Å². The average Bonchev–Trinajstić information content (AvgIpc) is 2.43. The van der Waals surface area contributed by atoms with Crippen molar-refractivity contribution in [3.63, 3.8) is 0 Å². The summed E-state index contributed by atoms with van der Waals surface area (Å²) in [6, 6.07) is 10.5. The van der Waals surface area contributed by atoms with Gasteiger partial charge in [0.15, 0.2) is 0 Å². The van der Waals surface area contributed by atoms with Gasteiger partial charge in [-0.2, -0.15) is 0 Å². The number of anilines is 2. The van der Waals surface area contributed by atoms with Gasteiger partial charge in [-0.3, -0.25) is 9.59 Å². The molecular formula is C15H14FN3O2. The van der Waals surface area contributed by atoms with Crippen LogP contribution in [0, 0.1) is 5.82 Å². The van der Waals surface area contributed by atoms with Gasteiger partial charge in [-0.1, -0.05) is 12.1 Å². The number of benzene rings is 2. The molecule has 0 bridgehead atoms. The van der Waals surface area contributed by atoms with Crippen LogP contribution in [-0.2, 0) is 11.2 Å². The number of carbonyl (C=O) groups is 2. The maximum Gasteiger partial charge on any atom is 0.251 e. The number of rotatable bonds is 4. The van der Waals surface area contributed by atoms with Crippen molar-refractivity contribution >= 4 is 23.2 Å². The van der Waals surface area contributed by atoms with Crippen molar-refractivity contribution in [3.8, 4) is 0 Å². The fourth-order valence-corrected chi connectivity index (χ4v) is 1.82. The lowest BCUT2D eigenvalue weighted by Gasteiger charge is -2.07. The largest absolute Gasteiger partial charge is 0.399 e. The molecule has 0 fully saturated rings. The fraction of sp³-hybridized carbons (Fsp3) is 0.0667. The Labute approximate surface area is 120 Å². The molecule has 0 aromatic heterocycles. The average molecular weight is 287 g/mol. The van der Waals surface area contributed by atoms with E-state index in [1.165, 1.54) is 12.1 Å².